The molecule has 6 rings (SSSR count). The van der Waals surface area contributed by atoms with Crippen molar-refractivity contribution in [2.24, 2.45) is 11.3 Å². The zero-order chi connectivity index (χ0) is 32.7. The van der Waals surface area contributed by atoms with Crippen molar-refractivity contribution in [3.8, 4) is 22.3 Å². The van der Waals surface area contributed by atoms with Crippen molar-refractivity contribution in [1.82, 2.24) is 0 Å². The van der Waals surface area contributed by atoms with Gasteiger partial charge in [0.05, 0.1) is 0 Å². The van der Waals surface area contributed by atoms with Crippen molar-refractivity contribution in [3.63, 3.8) is 0 Å². The van der Waals surface area contributed by atoms with Crippen molar-refractivity contribution in [3.05, 3.63) is 134 Å². The third-order valence-electron chi connectivity index (χ3n) is 9.38. The van der Waals surface area contributed by atoms with Crippen LogP contribution in [0.3, 0.4) is 0 Å². The monoisotopic (exact) mass is 742 g/mol. The van der Waals surface area contributed by atoms with Crippen LogP contribution in [0.5, 0.6) is 0 Å². The van der Waals surface area contributed by atoms with E-state index in [0.717, 1.165) is 6.42 Å². The van der Waals surface area contributed by atoms with Crippen molar-refractivity contribution in [2.75, 3.05) is 0 Å². The van der Waals surface area contributed by atoms with Gasteiger partial charge in [0.25, 0.3) is 0 Å². The first-order chi connectivity index (χ1) is 21.1. The SMILES string of the molecule is Cl.Cl.[CH2]=[Zr]([C]1=CC(C(C)(C)C)=CC1C)[c]1c(C(C)(C)C)ccc2c1Cc1cc(C(C)(C)C)ccc1-2.c1ccc(-c2ccccc2)cc1. The van der Waals surface area contributed by atoms with Crippen LogP contribution in [0.2, 0.25) is 0 Å². The molecule has 0 N–H and O–H groups in total. The topological polar surface area (TPSA) is 0 Å². The Morgan fingerprint density at radius 3 is 1.64 bits per heavy atom. The minimum atomic E-state index is -2.31. The molecule has 0 radical (unpaired) electrons. The van der Waals surface area contributed by atoms with Gasteiger partial charge in [-0.15, -0.1) is 24.8 Å². The molecule has 0 fully saturated rings. The fourth-order valence-electron chi connectivity index (χ4n) is 6.65. The molecule has 4 aromatic rings. The maximum Gasteiger partial charge on any atom is -0.0184 e. The zero-order valence-electron chi connectivity index (χ0n) is 30.1. The zero-order valence-corrected chi connectivity index (χ0v) is 34.2. The summed E-state index contributed by atoms with van der Waals surface area (Å²) < 4.78 is 8.35. The second-order valence-corrected chi connectivity index (χ2v) is 21.0. The van der Waals surface area contributed by atoms with E-state index in [0.29, 0.717) is 5.92 Å². The van der Waals surface area contributed by atoms with Crippen LogP contribution in [-0.4, -0.2) is 4.21 Å². The average Bonchev–Trinajstić information content (AvgIpc) is 3.57. The first-order valence-corrected chi connectivity index (χ1v) is 20.8. The van der Waals surface area contributed by atoms with E-state index in [4.69, 9.17) is 4.21 Å². The van der Waals surface area contributed by atoms with Crippen molar-refractivity contribution in [2.45, 2.75) is 86.5 Å². The maximum atomic E-state index is 5.02. The summed E-state index contributed by atoms with van der Waals surface area (Å²) in [4.78, 5) is 0. The van der Waals surface area contributed by atoms with Gasteiger partial charge in [-0.3, -0.25) is 0 Å². The van der Waals surface area contributed by atoms with Gasteiger partial charge < -0.3 is 0 Å². The Hall–Kier alpha value is -2.31. The summed E-state index contributed by atoms with van der Waals surface area (Å²) in [5, 5.41) is 0. The van der Waals surface area contributed by atoms with Crippen LogP contribution in [0.25, 0.3) is 22.3 Å². The third kappa shape index (κ3) is 8.65. The molecule has 2 aliphatic rings. The molecule has 0 nitrogen and oxygen atoms in total. The summed E-state index contributed by atoms with van der Waals surface area (Å²) in [7, 11) is 0. The Morgan fingerprint density at radius 1 is 0.638 bits per heavy atom. The molecule has 0 bridgehead atoms. The molecule has 0 aromatic heterocycles. The van der Waals surface area contributed by atoms with Gasteiger partial charge in [0, 0.05) is 0 Å². The van der Waals surface area contributed by atoms with Crippen molar-refractivity contribution in [1.29, 1.82) is 0 Å². The van der Waals surface area contributed by atoms with E-state index in [1.54, 1.807) is 12.1 Å². The molecule has 248 valence electrons. The molecule has 3 heteroatoms. The Kier molecular flexibility index (Phi) is 12.5. The first kappa shape index (κ1) is 39.1. The molecule has 0 aliphatic heterocycles. The minimum Gasteiger partial charge on any atom is -0.0622 e. The standard InChI is InChI=1S/C21H25.C12H10.C10H15.CH2.2ClH.Zr/c1-20(2,3)16-7-9-18-14(12-16)11-15-13-17(21(4,5)6)8-10-19(15)18;1-3-7-11(8-4-1)12-9-5-2-6-10-12;1-8-5-6-9(7-8)10(2,3)4;;;;/h7-10,12H,11H2,1-6H3;1-10H;6-8H,1-4H3;1H2;2*1H;. The first-order valence-electron chi connectivity index (χ1n) is 16.6. The summed E-state index contributed by atoms with van der Waals surface area (Å²) in [6.07, 6.45) is 6.11. The molecule has 47 heavy (non-hydrogen) atoms. The fraction of sp³-hybridized carbons (Fsp3) is 0.341. The second kappa shape index (κ2) is 15.1. The molecular weight excluding hydrogens is 691 g/mol. The van der Waals surface area contributed by atoms with Crippen LogP contribution in [0.15, 0.2) is 112 Å². The summed E-state index contributed by atoms with van der Waals surface area (Å²) in [5.74, 6) is 0.520. The normalized spacial score (nSPS) is 15.1. The van der Waals surface area contributed by atoms with Crippen molar-refractivity contribution >= 4 is 32.3 Å². The Morgan fingerprint density at radius 2 is 1.17 bits per heavy atom. The van der Waals surface area contributed by atoms with E-state index in [-0.39, 0.29) is 41.1 Å². The molecule has 0 heterocycles. The molecule has 0 saturated heterocycles. The Labute approximate surface area is 305 Å². The number of hydrogen-bond donors (Lipinski definition) is 0. The molecule has 2 aliphatic carbocycles. The minimum absolute atomic E-state index is 0. The van der Waals surface area contributed by atoms with E-state index in [9.17, 15) is 0 Å². The molecule has 1 atom stereocenters. The Balaban J connectivity index is 0.000000360. The second-order valence-electron chi connectivity index (χ2n) is 16.0. The van der Waals surface area contributed by atoms with Gasteiger partial charge in [0.2, 0.25) is 0 Å². The van der Waals surface area contributed by atoms with Crippen LogP contribution in [0, 0.1) is 11.3 Å². The van der Waals surface area contributed by atoms with Gasteiger partial charge in [-0.05, 0) is 11.1 Å². The third-order valence-corrected chi connectivity index (χ3v) is 15.5. The van der Waals surface area contributed by atoms with Crippen LogP contribution >= 0.6 is 24.8 Å². The molecular formula is C44H54Cl2Zr. The van der Waals surface area contributed by atoms with Gasteiger partial charge in [-0.25, -0.2) is 0 Å². The summed E-state index contributed by atoms with van der Waals surface area (Å²) in [6, 6.07) is 32.8. The quantitative estimate of drug-likeness (QED) is 0.173. The maximum absolute atomic E-state index is 5.02. The van der Waals surface area contributed by atoms with E-state index >= 15 is 0 Å². The van der Waals surface area contributed by atoms with Gasteiger partial charge >= 0.3 is 211 Å². The average molecular weight is 745 g/mol. The smallest absolute Gasteiger partial charge is 0.0184 e. The summed E-state index contributed by atoms with van der Waals surface area (Å²) in [6.45, 7) is 23.5. The van der Waals surface area contributed by atoms with Gasteiger partial charge in [0.1, 0.15) is 0 Å². The number of halogens is 2. The predicted molar refractivity (Wildman–Crippen MR) is 210 cm³/mol. The molecule has 4 aromatic carbocycles. The van der Waals surface area contributed by atoms with E-state index in [2.05, 4.69) is 160 Å². The summed E-state index contributed by atoms with van der Waals surface area (Å²) >= 11 is -2.31. The number of fused-ring (bicyclic) bond motifs is 3. The number of allylic oxidation sites excluding steroid dienone is 4. The Bertz CT molecular complexity index is 1740. The van der Waals surface area contributed by atoms with Crippen LogP contribution in [0.4, 0.5) is 0 Å². The number of rotatable bonds is 3. The van der Waals surface area contributed by atoms with Gasteiger partial charge in [0.15, 0.2) is 0 Å². The number of hydrogen-bond acceptors (Lipinski definition) is 0. The number of benzene rings is 4. The molecule has 0 spiro atoms. The van der Waals surface area contributed by atoms with Crippen molar-refractivity contribution < 1.29 is 21.3 Å². The van der Waals surface area contributed by atoms with E-state index in [1.807, 2.05) is 12.1 Å². The fourth-order valence-corrected chi connectivity index (χ4v) is 13.1. The van der Waals surface area contributed by atoms with Gasteiger partial charge in [-0.1, -0.05) is 60.7 Å². The van der Waals surface area contributed by atoms with Crippen LogP contribution < -0.4 is 3.27 Å². The molecule has 0 amide bonds. The largest absolute Gasteiger partial charge is 0.0622 e. The van der Waals surface area contributed by atoms with E-state index < -0.39 is 21.3 Å². The van der Waals surface area contributed by atoms with Gasteiger partial charge in [-0.2, -0.15) is 0 Å². The molecule has 0 saturated carbocycles. The van der Waals surface area contributed by atoms with Crippen LogP contribution in [-0.2, 0) is 38.5 Å². The van der Waals surface area contributed by atoms with E-state index in [1.165, 1.54) is 44.5 Å². The molecule has 1 unspecified atom stereocenters. The summed E-state index contributed by atoms with van der Waals surface area (Å²) in [5.41, 5.74) is 13.5. The predicted octanol–water partition coefficient (Wildman–Crippen LogP) is 12.2. The van der Waals surface area contributed by atoms with Crippen LogP contribution in [0.1, 0.15) is 91.5 Å².